The molecule has 106 valence electrons. The predicted molar refractivity (Wildman–Crippen MR) is 90.5 cm³/mol. The average molecular weight is 364 g/mol. The third-order valence-electron chi connectivity index (χ3n) is 3.68. The molecular weight excluding hydrogens is 351 g/mol. The van der Waals surface area contributed by atoms with Crippen molar-refractivity contribution in [2.75, 3.05) is 0 Å². The maximum atomic E-state index is 13.3. The van der Waals surface area contributed by atoms with Gasteiger partial charge in [-0.2, -0.15) is 0 Å². The van der Waals surface area contributed by atoms with Gasteiger partial charge in [0.15, 0.2) is 0 Å². The fraction of sp³-hybridized carbons (Fsp3) is 0.111. The minimum Gasteiger partial charge on any atom is -0.207 e. The first kappa shape index (κ1) is 14.6. The van der Waals surface area contributed by atoms with E-state index in [1.807, 2.05) is 12.1 Å². The van der Waals surface area contributed by atoms with Gasteiger partial charge in [-0.05, 0) is 46.5 Å². The fourth-order valence-corrected chi connectivity index (χ4v) is 3.80. The van der Waals surface area contributed by atoms with Gasteiger partial charge in [0.05, 0.1) is 5.38 Å². The summed E-state index contributed by atoms with van der Waals surface area (Å²) in [5.41, 5.74) is 3.07. The van der Waals surface area contributed by atoms with Gasteiger partial charge in [-0.15, -0.1) is 11.6 Å². The van der Waals surface area contributed by atoms with E-state index >= 15 is 0 Å². The molecule has 0 aliphatic rings. The van der Waals surface area contributed by atoms with Crippen LogP contribution in [0.2, 0.25) is 0 Å². The van der Waals surface area contributed by atoms with Crippen LogP contribution < -0.4 is 0 Å². The molecule has 0 amide bonds. The summed E-state index contributed by atoms with van der Waals surface area (Å²) >= 11 is 10.1. The molecule has 0 spiro atoms. The Labute approximate surface area is 136 Å². The van der Waals surface area contributed by atoms with Crippen molar-refractivity contribution in [1.82, 2.24) is 0 Å². The van der Waals surface area contributed by atoms with Gasteiger partial charge < -0.3 is 0 Å². The standard InChI is InChI=1S/C18H13BrClF/c1-11-6-7-12-4-2-3-5-14(12)17(11)18(20)15-9-8-13(21)10-16(15)19/h2-10,18H,1H3. The summed E-state index contributed by atoms with van der Waals surface area (Å²) in [5, 5.41) is 1.96. The molecule has 0 fully saturated rings. The van der Waals surface area contributed by atoms with Crippen LogP contribution in [-0.4, -0.2) is 0 Å². The van der Waals surface area contributed by atoms with Crippen LogP contribution in [0.15, 0.2) is 59.1 Å². The first-order valence-electron chi connectivity index (χ1n) is 6.65. The lowest BCUT2D eigenvalue weighted by atomic mass is 9.94. The van der Waals surface area contributed by atoms with Crippen LogP contribution in [0, 0.1) is 12.7 Å². The molecular formula is C18H13BrClF. The molecule has 0 saturated heterocycles. The summed E-state index contributed by atoms with van der Waals surface area (Å²) in [6.45, 7) is 2.05. The number of aryl methyl sites for hydroxylation is 1. The molecule has 0 N–H and O–H groups in total. The number of rotatable bonds is 2. The zero-order valence-corrected chi connectivity index (χ0v) is 13.7. The Hall–Kier alpha value is -1.38. The lowest BCUT2D eigenvalue weighted by Gasteiger charge is -2.17. The molecule has 0 aliphatic heterocycles. The topological polar surface area (TPSA) is 0 Å². The van der Waals surface area contributed by atoms with Crippen molar-refractivity contribution < 1.29 is 4.39 Å². The molecule has 0 heterocycles. The molecule has 3 rings (SSSR count). The number of fused-ring (bicyclic) bond motifs is 1. The Kier molecular flexibility index (Phi) is 4.01. The number of benzene rings is 3. The van der Waals surface area contributed by atoms with E-state index in [0.717, 1.165) is 27.5 Å². The third kappa shape index (κ3) is 2.70. The Morgan fingerprint density at radius 2 is 1.81 bits per heavy atom. The van der Waals surface area contributed by atoms with Crippen molar-refractivity contribution in [2.45, 2.75) is 12.3 Å². The number of hydrogen-bond donors (Lipinski definition) is 0. The Morgan fingerprint density at radius 3 is 2.57 bits per heavy atom. The zero-order valence-electron chi connectivity index (χ0n) is 11.4. The first-order valence-corrected chi connectivity index (χ1v) is 7.88. The largest absolute Gasteiger partial charge is 0.207 e. The van der Waals surface area contributed by atoms with Crippen molar-refractivity contribution in [3.63, 3.8) is 0 Å². The predicted octanol–water partition coefficient (Wildman–Crippen LogP) is 6.38. The van der Waals surface area contributed by atoms with E-state index in [9.17, 15) is 4.39 Å². The molecule has 0 aliphatic carbocycles. The summed E-state index contributed by atoms with van der Waals surface area (Å²) in [7, 11) is 0. The van der Waals surface area contributed by atoms with Crippen molar-refractivity contribution in [1.29, 1.82) is 0 Å². The summed E-state index contributed by atoms with van der Waals surface area (Å²) in [6.07, 6.45) is 0. The minimum absolute atomic E-state index is 0.274. The maximum absolute atomic E-state index is 13.3. The highest BCUT2D eigenvalue weighted by molar-refractivity contribution is 9.10. The quantitative estimate of drug-likeness (QED) is 0.463. The summed E-state index contributed by atoms with van der Waals surface area (Å²) in [5.74, 6) is -0.274. The van der Waals surface area contributed by atoms with Gasteiger partial charge in [-0.1, -0.05) is 58.4 Å². The second kappa shape index (κ2) is 5.78. The summed E-state index contributed by atoms with van der Waals surface area (Å²) in [4.78, 5) is 0. The molecule has 0 nitrogen and oxygen atoms in total. The second-order valence-electron chi connectivity index (χ2n) is 5.05. The van der Waals surface area contributed by atoms with Gasteiger partial charge in [0.2, 0.25) is 0 Å². The highest BCUT2D eigenvalue weighted by Crippen LogP contribution is 2.39. The van der Waals surface area contributed by atoms with Gasteiger partial charge in [-0.25, -0.2) is 4.39 Å². The lowest BCUT2D eigenvalue weighted by Crippen LogP contribution is -1.99. The Balaban J connectivity index is 2.21. The first-order chi connectivity index (χ1) is 10.1. The van der Waals surface area contributed by atoms with Crippen LogP contribution in [0.5, 0.6) is 0 Å². The van der Waals surface area contributed by atoms with Crippen LogP contribution in [0.3, 0.4) is 0 Å². The van der Waals surface area contributed by atoms with Crippen LogP contribution in [0.25, 0.3) is 10.8 Å². The normalized spacial score (nSPS) is 12.6. The van der Waals surface area contributed by atoms with E-state index in [1.165, 1.54) is 12.1 Å². The van der Waals surface area contributed by atoms with Crippen molar-refractivity contribution in [3.05, 3.63) is 81.6 Å². The van der Waals surface area contributed by atoms with Crippen LogP contribution in [0.4, 0.5) is 4.39 Å². The molecule has 0 saturated carbocycles. The van der Waals surface area contributed by atoms with E-state index in [-0.39, 0.29) is 11.2 Å². The summed E-state index contributed by atoms with van der Waals surface area (Å²) < 4.78 is 14.0. The molecule has 3 aromatic rings. The molecule has 0 radical (unpaired) electrons. The van der Waals surface area contributed by atoms with Crippen LogP contribution in [0.1, 0.15) is 22.1 Å². The minimum atomic E-state index is -0.328. The Morgan fingerprint density at radius 1 is 1.05 bits per heavy atom. The highest BCUT2D eigenvalue weighted by atomic mass is 79.9. The molecule has 3 aromatic carbocycles. The van der Waals surface area contributed by atoms with Crippen LogP contribution >= 0.6 is 27.5 Å². The van der Waals surface area contributed by atoms with Gasteiger partial charge in [0.25, 0.3) is 0 Å². The van der Waals surface area contributed by atoms with E-state index in [2.05, 4.69) is 47.1 Å². The highest BCUT2D eigenvalue weighted by Gasteiger charge is 2.18. The van der Waals surface area contributed by atoms with E-state index in [4.69, 9.17) is 11.6 Å². The van der Waals surface area contributed by atoms with Gasteiger partial charge >= 0.3 is 0 Å². The number of halogens is 3. The maximum Gasteiger partial charge on any atom is 0.124 e. The van der Waals surface area contributed by atoms with Crippen molar-refractivity contribution in [2.24, 2.45) is 0 Å². The molecule has 3 heteroatoms. The molecule has 0 aromatic heterocycles. The summed E-state index contributed by atoms with van der Waals surface area (Å²) in [6, 6.07) is 17.0. The van der Waals surface area contributed by atoms with Gasteiger partial charge in [-0.3, -0.25) is 0 Å². The van der Waals surface area contributed by atoms with Crippen LogP contribution in [-0.2, 0) is 0 Å². The SMILES string of the molecule is Cc1ccc2ccccc2c1C(Cl)c1ccc(F)cc1Br. The third-order valence-corrected chi connectivity index (χ3v) is 4.82. The smallest absolute Gasteiger partial charge is 0.124 e. The number of hydrogen-bond acceptors (Lipinski definition) is 0. The van der Waals surface area contributed by atoms with Gasteiger partial charge in [0, 0.05) is 4.47 Å². The average Bonchev–Trinajstić information content (AvgIpc) is 2.46. The van der Waals surface area contributed by atoms with E-state index in [0.29, 0.717) is 4.47 Å². The molecule has 0 bridgehead atoms. The monoisotopic (exact) mass is 362 g/mol. The fourth-order valence-electron chi connectivity index (χ4n) is 2.60. The van der Waals surface area contributed by atoms with E-state index in [1.54, 1.807) is 6.07 Å². The Bertz CT molecular complexity index is 813. The molecule has 21 heavy (non-hydrogen) atoms. The van der Waals surface area contributed by atoms with Crippen molar-refractivity contribution in [3.8, 4) is 0 Å². The number of alkyl halides is 1. The molecule has 1 atom stereocenters. The second-order valence-corrected chi connectivity index (χ2v) is 6.34. The van der Waals surface area contributed by atoms with Gasteiger partial charge in [0.1, 0.15) is 5.82 Å². The zero-order chi connectivity index (χ0) is 15.0. The lowest BCUT2D eigenvalue weighted by molar-refractivity contribution is 0.626. The molecule has 1 unspecified atom stereocenters. The van der Waals surface area contributed by atoms with E-state index < -0.39 is 0 Å². The van der Waals surface area contributed by atoms with Crippen molar-refractivity contribution >= 4 is 38.3 Å².